The monoisotopic (exact) mass is 219 g/mol. The van der Waals surface area contributed by atoms with Crippen molar-refractivity contribution in [3.8, 4) is 0 Å². The van der Waals surface area contributed by atoms with Crippen LogP contribution in [0.15, 0.2) is 24.5 Å². The Morgan fingerprint density at radius 1 is 1.62 bits per heavy atom. The van der Waals surface area contributed by atoms with Crippen molar-refractivity contribution >= 4 is 5.78 Å². The lowest BCUT2D eigenvalue weighted by atomic mass is 9.98. The maximum Gasteiger partial charge on any atom is 0.144 e. The third-order valence-corrected chi connectivity index (χ3v) is 2.92. The molecule has 0 saturated carbocycles. The summed E-state index contributed by atoms with van der Waals surface area (Å²) >= 11 is 0. The van der Waals surface area contributed by atoms with Gasteiger partial charge in [0, 0.05) is 31.1 Å². The zero-order valence-corrected chi connectivity index (χ0v) is 9.47. The number of nitrogens with two attached hydrogens (primary N) is 1. The third-order valence-electron chi connectivity index (χ3n) is 2.92. The van der Waals surface area contributed by atoms with Gasteiger partial charge in [-0.25, -0.2) is 0 Å². The minimum Gasteiger partial charge on any atom is -0.324 e. The normalized spacial score (nSPS) is 23.9. The van der Waals surface area contributed by atoms with Crippen molar-refractivity contribution in [3.05, 3.63) is 30.1 Å². The van der Waals surface area contributed by atoms with Gasteiger partial charge in [0.1, 0.15) is 5.78 Å². The molecule has 2 rings (SSSR count). The van der Waals surface area contributed by atoms with Gasteiger partial charge in [-0.1, -0.05) is 12.2 Å². The van der Waals surface area contributed by atoms with E-state index in [-0.39, 0.29) is 17.7 Å². The molecule has 4 heteroatoms. The van der Waals surface area contributed by atoms with E-state index in [1.807, 2.05) is 30.0 Å². The Morgan fingerprint density at radius 2 is 2.44 bits per heavy atom. The van der Waals surface area contributed by atoms with Gasteiger partial charge in [-0.05, 0) is 18.9 Å². The highest BCUT2D eigenvalue weighted by Crippen LogP contribution is 2.19. The van der Waals surface area contributed by atoms with Crippen molar-refractivity contribution in [1.29, 1.82) is 0 Å². The summed E-state index contributed by atoms with van der Waals surface area (Å²) in [5, 5.41) is 4.15. The van der Waals surface area contributed by atoms with Gasteiger partial charge in [0.15, 0.2) is 0 Å². The lowest BCUT2D eigenvalue weighted by Gasteiger charge is -2.06. The number of aromatic nitrogens is 2. The number of hydrogen-bond donors (Lipinski definition) is 1. The van der Waals surface area contributed by atoms with E-state index in [1.165, 1.54) is 0 Å². The summed E-state index contributed by atoms with van der Waals surface area (Å²) < 4.78 is 1.83. The maximum atomic E-state index is 11.9. The average Bonchev–Trinajstić information content (AvgIpc) is 2.87. The molecule has 2 atom stereocenters. The van der Waals surface area contributed by atoms with E-state index in [0.717, 1.165) is 18.5 Å². The second-order valence-electron chi connectivity index (χ2n) is 4.24. The van der Waals surface area contributed by atoms with Crippen molar-refractivity contribution < 1.29 is 4.79 Å². The molecule has 0 fully saturated rings. The predicted molar refractivity (Wildman–Crippen MR) is 61.8 cm³/mol. The molecule has 4 nitrogen and oxygen atoms in total. The fourth-order valence-electron chi connectivity index (χ4n) is 1.97. The van der Waals surface area contributed by atoms with Gasteiger partial charge in [0.2, 0.25) is 0 Å². The molecular formula is C12H17N3O. The number of aryl methyl sites for hydroxylation is 1. The number of rotatable bonds is 4. The largest absolute Gasteiger partial charge is 0.324 e. The van der Waals surface area contributed by atoms with E-state index in [1.54, 1.807) is 6.20 Å². The highest BCUT2D eigenvalue weighted by molar-refractivity contribution is 5.85. The number of nitrogens with zero attached hydrogens (tertiary/aromatic N) is 2. The fraction of sp³-hybridized carbons (Fsp3) is 0.500. The van der Waals surface area contributed by atoms with Gasteiger partial charge < -0.3 is 5.73 Å². The van der Waals surface area contributed by atoms with Crippen LogP contribution in [0.1, 0.15) is 18.9 Å². The Kier molecular flexibility index (Phi) is 3.19. The topological polar surface area (TPSA) is 60.9 Å². The maximum absolute atomic E-state index is 11.9. The van der Waals surface area contributed by atoms with Crippen molar-refractivity contribution in [2.75, 3.05) is 0 Å². The van der Waals surface area contributed by atoms with Gasteiger partial charge in [0.25, 0.3) is 0 Å². The smallest absolute Gasteiger partial charge is 0.144 e. The second-order valence-corrected chi connectivity index (χ2v) is 4.24. The van der Waals surface area contributed by atoms with E-state index < -0.39 is 0 Å². The number of Topliss-reactive ketones (excluding diaryl/α,β-unsaturated/α-hetero) is 1. The first-order valence-electron chi connectivity index (χ1n) is 5.67. The summed E-state index contributed by atoms with van der Waals surface area (Å²) in [6.07, 6.45) is 8.74. The predicted octanol–water partition coefficient (Wildman–Crippen LogP) is 0.918. The highest BCUT2D eigenvalue weighted by Gasteiger charge is 2.22. The summed E-state index contributed by atoms with van der Waals surface area (Å²) in [5.41, 5.74) is 6.71. The first-order chi connectivity index (χ1) is 7.69. The van der Waals surface area contributed by atoms with Crippen LogP contribution < -0.4 is 5.73 Å². The lowest BCUT2D eigenvalue weighted by Crippen LogP contribution is -2.20. The minimum atomic E-state index is -0.0000217. The van der Waals surface area contributed by atoms with Crippen LogP contribution in [0.5, 0.6) is 0 Å². The molecule has 86 valence electrons. The van der Waals surface area contributed by atoms with Crippen LogP contribution in [0.2, 0.25) is 0 Å². The van der Waals surface area contributed by atoms with E-state index in [9.17, 15) is 4.79 Å². The highest BCUT2D eigenvalue weighted by atomic mass is 16.1. The van der Waals surface area contributed by atoms with Crippen molar-refractivity contribution in [3.63, 3.8) is 0 Å². The van der Waals surface area contributed by atoms with Crippen molar-refractivity contribution in [2.24, 2.45) is 11.7 Å². The molecule has 0 bridgehead atoms. The summed E-state index contributed by atoms with van der Waals surface area (Å²) in [4.78, 5) is 11.9. The van der Waals surface area contributed by atoms with E-state index in [0.29, 0.717) is 6.42 Å². The average molecular weight is 219 g/mol. The number of hydrogen-bond acceptors (Lipinski definition) is 3. The Hall–Kier alpha value is -1.42. The molecule has 0 saturated heterocycles. The Balaban J connectivity index is 1.94. The van der Waals surface area contributed by atoms with Crippen LogP contribution in [0, 0.1) is 5.92 Å². The molecule has 0 radical (unpaired) electrons. The standard InChI is InChI=1S/C12H17N3O/c1-2-15-8-9(7-14-15)5-12(16)10-3-4-11(13)6-10/h3-4,7-8,10-11H,2,5-6,13H2,1H3. The van der Waals surface area contributed by atoms with Crippen LogP contribution in [0.3, 0.4) is 0 Å². The first kappa shape index (κ1) is 11.1. The molecule has 2 N–H and O–H groups in total. The van der Waals surface area contributed by atoms with Gasteiger partial charge >= 0.3 is 0 Å². The van der Waals surface area contributed by atoms with Gasteiger partial charge in [-0.15, -0.1) is 0 Å². The molecule has 1 aliphatic carbocycles. The molecule has 16 heavy (non-hydrogen) atoms. The molecular weight excluding hydrogens is 202 g/mol. The van der Waals surface area contributed by atoms with E-state index in [2.05, 4.69) is 5.10 Å². The van der Waals surface area contributed by atoms with Gasteiger partial charge in [-0.3, -0.25) is 9.48 Å². The molecule has 0 spiro atoms. The SMILES string of the molecule is CCn1cc(CC(=O)C2C=CC(N)C2)cn1. The Morgan fingerprint density at radius 3 is 3.00 bits per heavy atom. The first-order valence-corrected chi connectivity index (χ1v) is 5.67. The molecule has 0 aliphatic heterocycles. The van der Waals surface area contributed by atoms with Gasteiger partial charge in [-0.2, -0.15) is 5.10 Å². The molecule has 0 aromatic carbocycles. The number of carbonyl (C=O) groups excluding carboxylic acids is 1. The van der Waals surface area contributed by atoms with Crippen LogP contribution in [0.25, 0.3) is 0 Å². The van der Waals surface area contributed by atoms with Crippen LogP contribution in [-0.2, 0) is 17.8 Å². The number of carbonyl (C=O) groups is 1. The lowest BCUT2D eigenvalue weighted by molar-refractivity contribution is -0.120. The zero-order valence-electron chi connectivity index (χ0n) is 9.47. The zero-order chi connectivity index (χ0) is 11.5. The van der Waals surface area contributed by atoms with Crippen molar-refractivity contribution in [1.82, 2.24) is 9.78 Å². The Bertz CT molecular complexity index is 408. The fourth-order valence-corrected chi connectivity index (χ4v) is 1.97. The molecule has 0 amide bonds. The van der Waals surface area contributed by atoms with E-state index >= 15 is 0 Å². The summed E-state index contributed by atoms with van der Waals surface area (Å²) in [5.74, 6) is 0.236. The summed E-state index contributed by atoms with van der Waals surface area (Å²) in [6.45, 7) is 2.86. The van der Waals surface area contributed by atoms with Crippen LogP contribution >= 0.6 is 0 Å². The van der Waals surface area contributed by atoms with Crippen LogP contribution in [-0.4, -0.2) is 21.6 Å². The summed E-state index contributed by atoms with van der Waals surface area (Å²) in [6, 6.07) is 0.0484. The van der Waals surface area contributed by atoms with Crippen molar-refractivity contribution in [2.45, 2.75) is 32.4 Å². The third kappa shape index (κ3) is 2.39. The molecule has 1 aromatic rings. The number of allylic oxidation sites excluding steroid dienone is 1. The van der Waals surface area contributed by atoms with E-state index in [4.69, 9.17) is 5.73 Å². The molecule has 1 aliphatic rings. The van der Waals surface area contributed by atoms with Crippen LogP contribution in [0.4, 0.5) is 0 Å². The molecule has 1 aromatic heterocycles. The quantitative estimate of drug-likeness (QED) is 0.766. The minimum absolute atomic E-state index is 0.0000217. The molecule has 2 unspecified atom stereocenters. The van der Waals surface area contributed by atoms with Gasteiger partial charge in [0.05, 0.1) is 6.20 Å². The number of ketones is 1. The molecule has 1 heterocycles. The Labute approximate surface area is 95.1 Å². The second kappa shape index (κ2) is 4.61. The summed E-state index contributed by atoms with van der Waals surface area (Å²) in [7, 11) is 0.